The average Bonchev–Trinajstić information content (AvgIpc) is 2.27. The largest absolute Gasteiger partial charge is 0.394 e. The number of ether oxygens (including phenoxy) is 1. The van der Waals surface area contributed by atoms with E-state index in [4.69, 9.17) is 13.6 Å². The summed E-state index contributed by atoms with van der Waals surface area (Å²) in [6.45, 7) is 2.27. The second-order valence-electron chi connectivity index (χ2n) is 3.07. The Balaban J connectivity index is 2.79. The highest BCUT2D eigenvalue weighted by Gasteiger charge is 2.32. The molecule has 0 amide bonds. The molecule has 0 radical (unpaired) electrons. The van der Waals surface area contributed by atoms with E-state index in [9.17, 15) is 0 Å². The zero-order chi connectivity index (χ0) is 10.4. The van der Waals surface area contributed by atoms with E-state index in [-0.39, 0.29) is 6.79 Å². The first-order valence-corrected chi connectivity index (χ1v) is 6.78. The Kier molecular flexibility index (Phi) is 4.28. The summed E-state index contributed by atoms with van der Waals surface area (Å²) in [5.41, 5.74) is 0. The lowest BCUT2D eigenvalue weighted by atomic mass is 10.4. The SMILES string of the molecule is COCO[Si](C)(OC)c1ccccc1. The molecular weight excluding hydrogens is 196 g/mol. The van der Waals surface area contributed by atoms with Crippen LogP contribution in [0.15, 0.2) is 30.3 Å². The van der Waals surface area contributed by atoms with E-state index >= 15 is 0 Å². The van der Waals surface area contributed by atoms with E-state index in [1.807, 2.05) is 36.9 Å². The van der Waals surface area contributed by atoms with Crippen molar-refractivity contribution in [3.05, 3.63) is 30.3 Å². The van der Waals surface area contributed by atoms with Gasteiger partial charge >= 0.3 is 8.56 Å². The zero-order valence-electron chi connectivity index (χ0n) is 8.82. The van der Waals surface area contributed by atoms with Gasteiger partial charge in [0.15, 0.2) is 0 Å². The Morgan fingerprint density at radius 2 is 1.79 bits per heavy atom. The van der Waals surface area contributed by atoms with Crippen LogP contribution in [0.4, 0.5) is 0 Å². The van der Waals surface area contributed by atoms with Crippen molar-refractivity contribution in [1.29, 1.82) is 0 Å². The van der Waals surface area contributed by atoms with Gasteiger partial charge in [-0.3, -0.25) is 0 Å². The predicted molar refractivity (Wildman–Crippen MR) is 57.7 cm³/mol. The minimum absolute atomic E-state index is 0.269. The summed E-state index contributed by atoms with van der Waals surface area (Å²) in [6.07, 6.45) is 0. The highest BCUT2D eigenvalue weighted by molar-refractivity contribution is 6.79. The Hall–Kier alpha value is -0.683. The van der Waals surface area contributed by atoms with Gasteiger partial charge in [-0.15, -0.1) is 0 Å². The second-order valence-corrected chi connectivity index (χ2v) is 6.23. The first kappa shape index (κ1) is 11.4. The van der Waals surface area contributed by atoms with Crippen LogP contribution in [0.2, 0.25) is 6.55 Å². The molecular formula is C10H16O3Si. The normalized spacial score (nSPS) is 15.1. The third-order valence-electron chi connectivity index (χ3n) is 2.14. The fourth-order valence-corrected chi connectivity index (χ4v) is 2.83. The van der Waals surface area contributed by atoms with Crippen LogP contribution in [-0.2, 0) is 13.6 Å². The third-order valence-corrected chi connectivity index (χ3v) is 4.97. The number of rotatable bonds is 5. The molecule has 0 heterocycles. The van der Waals surface area contributed by atoms with Gasteiger partial charge in [-0.25, -0.2) is 0 Å². The van der Waals surface area contributed by atoms with Crippen LogP contribution in [0.1, 0.15) is 0 Å². The van der Waals surface area contributed by atoms with E-state index in [0.29, 0.717) is 0 Å². The zero-order valence-corrected chi connectivity index (χ0v) is 9.82. The molecule has 0 aliphatic heterocycles. The Bertz CT molecular complexity index is 265. The van der Waals surface area contributed by atoms with Gasteiger partial charge in [0.05, 0.1) is 0 Å². The summed E-state index contributed by atoms with van der Waals surface area (Å²) in [5, 5.41) is 1.11. The molecule has 0 aliphatic rings. The van der Waals surface area contributed by atoms with Crippen LogP contribution < -0.4 is 5.19 Å². The molecule has 1 aromatic rings. The minimum Gasteiger partial charge on any atom is -0.394 e. The first-order chi connectivity index (χ1) is 6.73. The molecule has 0 fully saturated rings. The average molecular weight is 212 g/mol. The summed E-state index contributed by atoms with van der Waals surface area (Å²) < 4.78 is 16.0. The molecule has 3 nitrogen and oxygen atoms in total. The second kappa shape index (κ2) is 5.26. The van der Waals surface area contributed by atoms with Gasteiger partial charge in [-0.05, 0) is 11.7 Å². The summed E-state index contributed by atoms with van der Waals surface area (Å²) in [4.78, 5) is 0. The Morgan fingerprint density at radius 3 is 2.29 bits per heavy atom. The molecule has 1 atom stereocenters. The summed E-state index contributed by atoms with van der Waals surface area (Å²) >= 11 is 0. The van der Waals surface area contributed by atoms with Crippen molar-refractivity contribution in [2.45, 2.75) is 6.55 Å². The minimum atomic E-state index is -2.25. The standard InChI is InChI=1S/C10H16O3Si/c1-11-9-13-14(3,12-2)10-7-5-4-6-8-10/h4-8H,9H2,1-3H3. The first-order valence-electron chi connectivity index (χ1n) is 4.46. The molecule has 1 aromatic carbocycles. The van der Waals surface area contributed by atoms with Crippen molar-refractivity contribution in [1.82, 2.24) is 0 Å². The molecule has 4 heteroatoms. The van der Waals surface area contributed by atoms with Gasteiger partial charge in [-0.1, -0.05) is 30.3 Å². The molecule has 0 aromatic heterocycles. The molecule has 0 N–H and O–H groups in total. The quantitative estimate of drug-likeness (QED) is 0.543. The van der Waals surface area contributed by atoms with Gasteiger partial charge in [-0.2, -0.15) is 0 Å². The van der Waals surface area contributed by atoms with Crippen LogP contribution in [0.3, 0.4) is 0 Å². The van der Waals surface area contributed by atoms with Crippen LogP contribution in [0.25, 0.3) is 0 Å². The van der Waals surface area contributed by atoms with E-state index in [0.717, 1.165) is 5.19 Å². The monoisotopic (exact) mass is 212 g/mol. The molecule has 1 unspecified atom stereocenters. The third kappa shape index (κ3) is 2.65. The molecule has 1 rings (SSSR count). The van der Waals surface area contributed by atoms with Crippen molar-refractivity contribution in [2.24, 2.45) is 0 Å². The summed E-state index contributed by atoms with van der Waals surface area (Å²) in [7, 11) is 1.04. The number of benzene rings is 1. The van der Waals surface area contributed by atoms with Gasteiger partial charge < -0.3 is 13.6 Å². The van der Waals surface area contributed by atoms with Crippen molar-refractivity contribution >= 4 is 13.7 Å². The van der Waals surface area contributed by atoms with Crippen molar-refractivity contribution in [3.63, 3.8) is 0 Å². The van der Waals surface area contributed by atoms with Crippen LogP contribution in [0, 0.1) is 0 Å². The summed E-state index contributed by atoms with van der Waals surface area (Å²) in [5.74, 6) is 0. The van der Waals surface area contributed by atoms with Crippen molar-refractivity contribution in [2.75, 3.05) is 21.0 Å². The fraction of sp³-hybridized carbons (Fsp3) is 0.400. The highest BCUT2D eigenvalue weighted by Crippen LogP contribution is 2.06. The van der Waals surface area contributed by atoms with Crippen molar-refractivity contribution < 1.29 is 13.6 Å². The number of hydrogen-bond donors (Lipinski definition) is 0. The molecule has 0 saturated heterocycles. The lowest BCUT2D eigenvalue weighted by Gasteiger charge is -2.24. The van der Waals surface area contributed by atoms with Crippen LogP contribution in [-0.4, -0.2) is 29.6 Å². The Labute approximate surface area is 85.9 Å². The molecule has 0 saturated carbocycles. The van der Waals surface area contributed by atoms with E-state index in [2.05, 4.69) is 0 Å². The Morgan fingerprint density at radius 1 is 1.14 bits per heavy atom. The predicted octanol–water partition coefficient (Wildman–Crippen LogP) is 1.23. The molecule has 0 aliphatic carbocycles. The molecule has 0 spiro atoms. The number of hydrogen-bond acceptors (Lipinski definition) is 3. The van der Waals surface area contributed by atoms with E-state index < -0.39 is 8.56 Å². The maximum Gasteiger partial charge on any atom is 0.370 e. The van der Waals surface area contributed by atoms with Gasteiger partial charge in [0.2, 0.25) is 0 Å². The maximum atomic E-state index is 5.61. The van der Waals surface area contributed by atoms with E-state index in [1.165, 1.54) is 0 Å². The van der Waals surface area contributed by atoms with Crippen LogP contribution >= 0.6 is 0 Å². The lowest BCUT2D eigenvalue weighted by Crippen LogP contribution is -2.50. The maximum absolute atomic E-state index is 5.61. The van der Waals surface area contributed by atoms with Crippen molar-refractivity contribution in [3.8, 4) is 0 Å². The van der Waals surface area contributed by atoms with Gasteiger partial charge in [0, 0.05) is 14.2 Å². The summed E-state index contributed by atoms with van der Waals surface area (Å²) in [6, 6.07) is 9.98. The fourth-order valence-electron chi connectivity index (χ4n) is 1.17. The van der Waals surface area contributed by atoms with Gasteiger partial charge in [0.1, 0.15) is 6.79 Å². The van der Waals surface area contributed by atoms with Gasteiger partial charge in [0.25, 0.3) is 0 Å². The highest BCUT2D eigenvalue weighted by atomic mass is 28.4. The topological polar surface area (TPSA) is 27.7 Å². The molecule has 78 valence electrons. The smallest absolute Gasteiger partial charge is 0.370 e. The molecule has 14 heavy (non-hydrogen) atoms. The number of methoxy groups -OCH3 is 1. The van der Waals surface area contributed by atoms with E-state index in [1.54, 1.807) is 14.2 Å². The lowest BCUT2D eigenvalue weighted by molar-refractivity contribution is 0.0280. The molecule has 0 bridgehead atoms. The van der Waals surface area contributed by atoms with Crippen LogP contribution in [0.5, 0.6) is 0 Å².